The van der Waals surface area contributed by atoms with E-state index in [1.165, 1.54) is 6.92 Å². The summed E-state index contributed by atoms with van der Waals surface area (Å²) in [4.78, 5) is 0. The number of hydrogen-bond acceptors (Lipinski definition) is 19. The van der Waals surface area contributed by atoms with Gasteiger partial charge in [-0.05, 0) is 6.92 Å². The van der Waals surface area contributed by atoms with E-state index < -0.39 is 137 Å². The van der Waals surface area contributed by atoms with E-state index in [4.69, 9.17) is 38.6 Å². The van der Waals surface area contributed by atoms with Crippen LogP contribution in [0.1, 0.15) is 20.8 Å². The summed E-state index contributed by atoms with van der Waals surface area (Å²) in [6, 6.07) is 0. The maximum absolute atomic E-state index is 10.4. The molecule has 4 aliphatic heterocycles. The fourth-order valence-corrected chi connectivity index (χ4v) is 5.64. The van der Waals surface area contributed by atoms with E-state index in [0.29, 0.717) is 0 Å². The molecule has 0 aliphatic carbocycles. The zero-order valence-corrected chi connectivity index (χ0v) is 25.6. The van der Waals surface area contributed by atoms with Crippen molar-refractivity contribution in [2.24, 2.45) is 11.8 Å². The van der Waals surface area contributed by atoms with Crippen LogP contribution < -0.4 is 0 Å². The molecule has 46 heavy (non-hydrogen) atoms. The predicted octanol–water partition coefficient (Wildman–Crippen LogP) is -7.17. The minimum absolute atomic E-state index is 0.285. The first-order valence-electron chi connectivity index (χ1n) is 15.1. The van der Waals surface area contributed by atoms with E-state index in [1.807, 2.05) is 0 Å². The van der Waals surface area contributed by atoms with E-state index in [2.05, 4.69) is 0 Å². The van der Waals surface area contributed by atoms with Crippen LogP contribution in [0.5, 0.6) is 0 Å². The molecule has 0 aromatic rings. The van der Waals surface area contributed by atoms with Crippen molar-refractivity contribution in [2.75, 3.05) is 26.4 Å². The predicted molar refractivity (Wildman–Crippen MR) is 147 cm³/mol. The number of hydrogen-bond donors (Lipinski definition) is 13. The van der Waals surface area contributed by atoms with Crippen LogP contribution in [-0.2, 0) is 28.4 Å². The summed E-state index contributed by atoms with van der Waals surface area (Å²) in [6.45, 7) is 2.86. The maximum Gasteiger partial charge on any atom is 0.187 e. The molecule has 0 aromatic heterocycles. The summed E-state index contributed by atoms with van der Waals surface area (Å²) in [5.74, 6) is -1.01. The molecule has 19 heteroatoms. The molecule has 20 atom stereocenters. The van der Waals surface area contributed by atoms with Crippen molar-refractivity contribution >= 4 is 0 Å². The second-order valence-corrected chi connectivity index (χ2v) is 12.1. The van der Waals surface area contributed by atoms with Gasteiger partial charge >= 0.3 is 0 Å². The normalized spacial score (nSPS) is 51.7. The second kappa shape index (κ2) is 17.3. The molecule has 4 saturated heterocycles. The lowest BCUT2D eigenvalue weighted by molar-refractivity contribution is -0.349. The molecule has 0 bridgehead atoms. The van der Waals surface area contributed by atoms with Gasteiger partial charge < -0.3 is 94.8 Å². The molecular weight excluding hydrogens is 628 g/mol. The smallest absolute Gasteiger partial charge is 0.187 e. The lowest BCUT2D eigenvalue weighted by Crippen LogP contribution is -2.63. The molecule has 0 amide bonds. The van der Waals surface area contributed by atoms with Crippen molar-refractivity contribution in [3.8, 4) is 0 Å². The molecular formula is C27H50O19. The highest BCUT2D eigenvalue weighted by Crippen LogP contribution is 2.32. The van der Waals surface area contributed by atoms with Crippen LogP contribution in [0, 0.1) is 11.8 Å². The first-order chi connectivity index (χ1) is 21.6. The lowest BCUT2D eigenvalue weighted by atomic mass is 9.88. The molecule has 0 saturated carbocycles. The Bertz CT molecular complexity index is 825. The zero-order valence-electron chi connectivity index (χ0n) is 25.6. The van der Waals surface area contributed by atoms with Gasteiger partial charge in [-0.1, -0.05) is 13.8 Å². The van der Waals surface area contributed by atoms with E-state index in [0.717, 1.165) is 0 Å². The Hall–Kier alpha value is -0.760. The Morgan fingerprint density at radius 2 is 0.783 bits per heavy atom. The molecule has 4 fully saturated rings. The van der Waals surface area contributed by atoms with Crippen LogP contribution in [0.4, 0.5) is 0 Å². The van der Waals surface area contributed by atoms with Crippen molar-refractivity contribution < 1.29 is 94.8 Å². The minimum atomic E-state index is -1.64. The number of rotatable bonds is 8. The topological polar surface area (TPSA) is 318 Å². The number of aliphatic hydroxyl groups is 13. The van der Waals surface area contributed by atoms with E-state index in [1.54, 1.807) is 13.8 Å². The van der Waals surface area contributed by atoms with Crippen LogP contribution in [0.2, 0.25) is 0 Å². The van der Waals surface area contributed by atoms with Crippen LogP contribution in [0.25, 0.3) is 0 Å². The maximum atomic E-state index is 10.4. The first kappa shape index (κ1) is 39.7. The highest BCUT2D eigenvalue weighted by molar-refractivity contribution is 4.94. The van der Waals surface area contributed by atoms with Crippen molar-refractivity contribution in [1.29, 1.82) is 0 Å². The molecule has 4 rings (SSSR count). The van der Waals surface area contributed by atoms with Crippen LogP contribution in [0.3, 0.4) is 0 Å². The van der Waals surface area contributed by atoms with Gasteiger partial charge in [-0.3, -0.25) is 0 Å². The lowest BCUT2D eigenvalue weighted by Gasteiger charge is -2.46. The minimum Gasteiger partial charge on any atom is -0.394 e. The van der Waals surface area contributed by atoms with Crippen molar-refractivity contribution in [3.63, 3.8) is 0 Å². The quantitative estimate of drug-likeness (QED) is 0.113. The highest BCUT2D eigenvalue weighted by atomic mass is 16.7. The van der Waals surface area contributed by atoms with E-state index in [-0.39, 0.29) is 12.0 Å². The molecule has 0 aromatic carbocycles. The molecule has 13 N–H and O–H groups in total. The van der Waals surface area contributed by atoms with Crippen LogP contribution in [-0.4, -0.2) is 203 Å². The Balaban J connectivity index is 0.000000250. The Morgan fingerprint density at radius 1 is 0.413 bits per heavy atom. The molecule has 4 aliphatic rings. The van der Waals surface area contributed by atoms with Gasteiger partial charge in [0.2, 0.25) is 0 Å². The number of ether oxygens (including phenoxy) is 6. The van der Waals surface area contributed by atoms with E-state index >= 15 is 0 Å². The average Bonchev–Trinajstić information content (AvgIpc) is 3.05. The third-order valence-corrected chi connectivity index (χ3v) is 9.02. The standard InChI is InChI=1S/C14H26O9.C13H24O10/c1-5-6(2)21-8(4-16)13(9(5)17)23-14-12(20)11(19)10(18)7(3-15)22-14;1-4-7(16)11(6(3-15)21-12(4)20)23-13-10(19)9(18)8(17)5(2-14)22-13/h5-20H,3-4H2,1-2H3;4-20H,2-3H2,1H3/t5-,6+,7?,8?,9?,10+,11?,12+,13-,14+;4-,5?,6?,7?,8-,9?,10-,11+,12?,13-/m10/s1. The van der Waals surface area contributed by atoms with Gasteiger partial charge in [-0.25, -0.2) is 0 Å². The van der Waals surface area contributed by atoms with Crippen LogP contribution >= 0.6 is 0 Å². The van der Waals surface area contributed by atoms with Gasteiger partial charge in [-0.2, -0.15) is 0 Å². The molecule has 0 spiro atoms. The SMILES string of the molecule is C[C@@H]1C(O)OC(CO)[C@@H](O[C@@H]2OC(CO)[C@H](O)C(O)[C@@H]2O)C1O.C[C@@H]1OC(CO)[C@@H](O[C@@H]2OC(CO)[C@H](O)C(O)[C@@H]2O)C(O)[C@@H]1C. The summed E-state index contributed by atoms with van der Waals surface area (Å²) in [6.07, 6.45) is -22.4. The van der Waals surface area contributed by atoms with Crippen LogP contribution in [0.15, 0.2) is 0 Å². The number of aliphatic hydroxyl groups excluding tert-OH is 13. The molecule has 0 radical (unpaired) electrons. The summed E-state index contributed by atoms with van der Waals surface area (Å²) < 4.78 is 32.1. The van der Waals surface area contributed by atoms with Crippen molar-refractivity contribution in [1.82, 2.24) is 0 Å². The fourth-order valence-electron chi connectivity index (χ4n) is 5.64. The van der Waals surface area contributed by atoms with Crippen molar-refractivity contribution in [2.45, 2.75) is 131 Å². The van der Waals surface area contributed by atoms with Gasteiger partial charge in [0.05, 0.1) is 44.7 Å². The molecule has 19 nitrogen and oxygen atoms in total. The Labute approximate surface area is 264 Å². The van der Waals surface area contributed by atoms with Gasteiger partial charge in [0.1, 0.15) is 73.2 Å². The fraction of sp³-hybridized carbons (Fsp3) is 1.00. The Morgan fingerprint density at radius 3 is 1.17 bits per heavy atom. The Kier molecular flexibility index (Phi) is 14.9. The third-order valence-electron chi connectivity index (χ3n) is 9.02. The molecule has 272 valence electrons. The first-order valence-corrected chi connectivity index (χ1v) is 15.1. The van der Waals surface area contributed by atoms with Gasteiger partial charge in [0, 0.05) is 11.8 Å². The summed E-state index contributed by atoms with van der Waals surface area (Å²) in [7, 11) is 0. The zero-order chi connectivity index (χ0) is 34.6. The van der Waals surface area contributed by atoms with Gasteiger partial charge in [0.15, 0.2) is 18.9 Å². The van der Waals surface area contributed by atoms with E-state index in [9.17, 15) is 56.2 Å². The molecule has 4 heterocycles. The summed E-state index contributed by atoms with van der Waals surface area (Å²) in [5.41, 5.74) is 0. The second-order valence-electron chi connectivity index (χ2n) is 12.1. The summed E-state index contributed by atoms with van der Waals surface area (Å²) in [5, 5.41) is 126. The molecule has 9 unspecified atom stereocenters. The monoisotopic (exact) mass is 678 g/mol. The van der Waals surface area contributed by atoms with Crippen molar-refractivity contribution in [3.05, 3.63) is 0 Å². The van der Waals surface area contributed by atoms with Gasteiger partial charge in [0.25, 0.3) is 0 Å². The third kappa shape index (κ3) is 8.51. The highest BCUT2D eigenvalue weighted by Gasteiger charge is 2.51. The largest absolute Gasteiger partial charge is 0.394 e. The average molecular weight is 679 g/mol. The van der Waals surface area contributed by atoms with Gasteiger partial charge in [-0.15, -0.1) is 0 Å². The summed E-state index contributed by atoms with van der Waals surface area (Å²) >= 11 is 0.